The zero-order chi connectivity index (χ0) is 20.1. The summed E-state index contributed by atoms with van der Waals surface area (Å²) in [6.45, 7) is 3.10. The van der Waals surface area contributed by atoms with Crippen LogP contribution in [0.2, 0.25) is 0 Å². The summed E-state index contributed by atoms with van der Waals surface area (Å²) < 4.78 is 18.1. The largest absolute Gasteiger partial charge is 0.451 e. The number of hydrogen-bond acceptors (Lipinski definition) is 5. The molecule has 0 unspecified atom stereocenters. The molecule has 3 rings (SSSR count). The topological polar surface area (TPSA) is 68.3 Å². The van der Waals surface area contributed by atoms with Gasteiger partial charge in [-0.1, -0.05) is 42.5 Å². The number of ether oxygens (including phenoxy) is 1. The standard InChI is InChI=1S/C21H19FN2O3S/c1-13(15-8-10-17(22)11-9-15)23-18(25)12-27-21(26)19-14(2)24-20(28-19)16-6-4-3-5-7-16/h3-11,13H,12H2,1-2H3,(H,23,25)/t13-/m0/s1. The van der Waals surface area contributed by atoms with E-state index in [4.69, 9.17) is 4.74 Å². The number of esters is 1. The quantitative estimate of drug-likeness (QED) is 0.629. The van der Waals surface area contributed by atoms with Gasteiger partial charge in [-0.3, -0.25) is 4.79 Å². The smallest absolute Gasteiger partial charge is 0.350 e. The van der Waals surface area contributed by atoms with Crippen molar-refractivity contribution < 1.29 is 18.7 Å². The van der Waals surface area contributed by atoms with Crippen molar-refractivity contribution in [2.24, 2.45) is 0 Å². The van der Waals surface area contributed by atoms with E-state index in [1.54, 1.807) is 26.0 Å². The number of hydrogen-bond donors (Lipinski definition) is 1. The molecule has 28 heavy (non-hydrogen) atoms. The minimum absolute atomic E-state index is 0.332. The molecule has 0 bridgehead atoms. The molecule has 0 aliphatic rings. The number of thiazole rings is 1. The molecule has 0 radical (unpaired) electrons. The van der Waals surface area contributed by atoms with E-state index in [9.17, 15) is 14.0 Å². The molecule has 7 heteroatoms. The number of amides is 1. The van der Waals surface area contributed by atoms with Crippen molar-refractivity contribution in [1.82, 2.24) is 10.3 Å². The third kappa shape index (κ3) is 4.80. The van der Waals surface area contributed by atoms with Crippen molar-refractivity contribution in [3.05, 3.63) is 76.5 Å². The number of aryl methyl sites for hydroxylation is 1. The van der Waals surface area contributed by atoms with E-state index >= 15 is 0 Å². The lowest BCUT2D eigenvalue weighted by molar-refractivity contribution is -0.124. The summed E-state index contributed by atoms with van der Waals surface area (Å²) in [4.78, 5) is 29.2. The molecular formula is C21H19FN2O3S. The zero-order valence-corrected chi connectivity index (χ0v) is 16.3. The summed E-state index contributed by atoms with van der Waals surface area (Å²) in [5, 5.41) is 3.44. The van der Waals surface area contributed by atoms with Gasteiger partial charge in [0.1, 0.15) is 15.7 Å². The van der Waals surface area contributed by atoms with Gasteiger partial charge in [0.05, 0.1) is 11.7 Å². The highest BCUT2D eigenvalue weighted by molar-refractivity contribution is 7.17. The molecule has 3 aromatic rings. The third-order valence-electron chi connectivity index (χ3n) is 4.08. The highest BCUT2D eigenvalue weighted by atomic mass is 32.1. The monoisotopic (exact) mass is 398 g/mol. The predicted molar refractivity (Wildman–Crippen MR) is 106 cm³/mol. The second-order valence-corrected chi connectivity index (χ2v) is 7.22. The van der Waals surface area contributed by atoms with E-state index < -0.39 is 18.5 Å². The molecule has 1 atom stereocenters. The molecule has 0 aliphatic carbocycles. The Morgan fingerprint density at radius 1 is 1.14 bits per heavy atom. The average molecular weight is 398 g/mol. The van der Waals surface area contributed by atoms with Crippen LogP contribution in [0.15, 0.2) is 54.6 Å². The molecule has 1 N–H and O–H groups in total. The van der Waals surface area contributed by atoms with Crippen LogP contribution < -0.4 is 5.32 Å². The highest BCUT2D eigenvalue weighted by Gasteiger charge is 2.19. The van der Waals surface area contributed by atoms with Crippen LogP contribution in [-0.2, 0) is 9.53 Å². The Labute approximate surface area is 166 Å². The third-order valence-corrected chi connectivity index (χ3v) is 5.27. The van der Waals surface area contributed by atoms with E-state index in [2.05, 4.69) is 10.3 Å². The zero-order valence-electron chi connectivity index (χ0n) is 15.4. The van der Waals surface area contributed by atoms with Crippen LogP contribution in [0.5, 0.6) is 0 Å². The van der Waals surface area contributed by atoms with Gasteiger partial charge in [0.25, 0.3) is 5.91 Å². The molecule has 0 saturated heterocycles. The Hall–Kier alpha value is -3.06. The van der Waals surface area contributed by atoms with Gasteiger partial charge >= 0.3 is 5.97 Å². The van der Waals surface area contributed by atoms with Crippen molar-refractivity contribution in [3.8, 4) is 10.6 Å². The molecule has 144 valence electrons. The van der Waals surface area contributed by atoms with Gasteiger partial charge in [0.15, 0.2) is 6.61 Å². The Bertz CT molecular complexity index is 971. The molecule has 2 aromatic carbocycles. The highest BCUT2D eigenvalue weighted by Crippen LogP contribution is 2.28. The normalized spacial score (nSPS) is 11.7. The van der Waals surface area contributed by atoms with Crippen LogP contribution in [0.4, 0.5) is 4.39 Å². The van der Waals surface area contributed by atoms with Crippen LogP contribution in [0, 0.1) is 12.7 Å². The van der Waals surface area contributed by atoms with E-state index in [1.807, 2.05) is 30.3 Å². The number of rotatable bonds is 6. The van der Waals surface area contributed by atoms with Crippen molar-refractivity contribution in [3.63, 3.8) is 0 Å². The summed E-state index contributed by atoms with van der Waals surface area (Å²) in [6.07, 6.45) is 0. The van der Waals surface area contributed by atoms with Crippen molar-refractivity contribution in [2.75, 3.05) is 6.61 Å². The van der Waals surface area contributed by atoms with Gasteiger partial charge < -0.3 is 10.1 Å². The Kier molecular flexibility index (Phi) is 6.16. The van der Waals surface area contributed by atoms with Gasteiger partial charge in [-0.15, -0.1) is 11.3 Å². The van der Waals surface area contributed by atoms with Crippen LogP contribution in [-0.4, -0.2) is 23.5 Å². The molecule has 0 fully saturated rings. The Morgan fingerprint density at radius 2 is 1.82 bits per heavy atom. The first-order valence-electron chi connectivity index (χ1n) is 8.69. The number of nitrogens with zero attached hydrogens (tertiary/aromatic N) is 1. The van der Waals surface area contributed by atoms with Gasteiger partial charge in [-0.25, -0.2) is 14.2 Å². The molecule has 1 aromatic heterocycles. The second kappa shape index (κ2) is 8.75. The Morgan fingerprint density at radius 3 is 2.50 bits per heavy atom. The van der Waals surface area contributed by atoms with Crippen LogP contribution in [0.3, 0.4) is 0 Å². The summed E-state index contributed by atoms with van der Waals surface area (Å²) in [6, 6.07) is 15.1. The number of aromatic nitrogens is 1. The molecule has 1 amide bonds. The first kappa shape index (κ1) is 19.7. The number of carbonyl (C=O) groups excluding carboxylic acids is 2. The summed E-state index contributed by atoms with van der Waals surface area (Å²) >= 11 is 1.23. The number of benzene rings is 2. The van der Waals surface area contributed by atoms with E-state index in [0.717, 1.165) is 16.1 Å². The minimum atomic E-state index is -0.582. The molecular weight excluding hydrogens is 379 g/mol. The average Bonchev–Trinajstić information content (AvgIpc) is 3.09. The van der Waals surface area contributed by atoms with E-state index in [-0.39, 0.29) is 11.9 Å². The number of carbonyl (C=O) groups is 2. The lowest BCUT2D eigenvalue weighted by Gasteiger charge is -2.14. The molecule has 0 saturated carbocycles. The maximum Gasteiger partial charge on any atom is 0.350 e. The van der Waals surface area contributed by atoms with Crippen molar-refractivity contribution in [2.45, 2.75) is 19.9 Å². The van der Waals surface area contributed by atoms with Crippen LogP contribution >= 0.6 is 11.3 Å². The number of halogens is 1. The van der Waals surface area contributed by atoms with Crippen molar-refractivity contribution >= 4 is 23.2 Å². The Balaban J connectivity index is 1.57. The summed E-state index contributed by atoms with van der Waals surface area (Å²) in [7, 11) is 0. The predicted octanol–water partition coefficient (Wildman–Crippen LogP) is 4.29. The summed E-state index contributed by atoms with van der Waals surface area (Å²) in [5.41, 5.74) is 2.24. The van der Waals surface area contributed by atoms with Crippen molar-refractivity contribution in [1.29, 1.82) is 0 Å². The molecule has 0 spiro atoms. The molecule has 5 nitrogen and oxygen atoms in total. The second-order valence-electron chi connectivity index (χ2n) is 6.22. The van der Waals surface area contributed by atoms with Gasteiger partial charge in [-0.2, -0.15) is 0 Å². The van der Waals surface area contributed by atoms with Gasteiger partial charge in [0, 0.05) is 5.56 Å². The fourth-order valence-corrected chi connectivity index (χ4v) is 3.57. The first-order valence-corrected chi connectivity index (χ1v) is 9.50. The van der Waals surface area contributed by atoms with Crippen LogP contribution in [0.25, 0.3) is 10.6 Å². The minimum Gasteiger partial charge on any atom is -0.451 e. The summed E-state index contributed by atoms with van der Waals surface area (Å²) in [5.74, 6) is -1.36. The maximum absolute atomic E-state index is 13.0. The molecule has 1 heterocycles. The molecule has 0 aliphatic heterocycles. The van der Waals surface area contributed by atoms with Crippen LogP contribution in [0.1, 0.15) is 33.9 Å². The van der Waals surface area contributed by atoms with Gasteiger partial charge in [0.2, 0.25) is 0 Å². The van der Waals surface area contributed by atoms with E-state index in [1.165, 1.54) is 23.5 Å². The number of nitrogens with one attached hydrogen (secondary N) is 1. The van der Waals surface area contributed by atoms with Gasteiger partial charge in [-0.05, 0) is 31.5 Å². The maximum atomic E-state index is 13.0. The lowest BCUT2D eigenvalue weighted by atomic mass is 10.1. The first-order chi connectivity index (χ1) is 13.4. The fraction of sp³-hybridized carbons (Fsp3) is 0.190. The lowest BCUT2D eigenvalue weighted by Crippen LogP contribution is -2.31. The van der Waals surface area contributed by atoms with E-state index in [0.29, 0.717) is 10.6 Å². The SMILES string of the molecule is Cc1nc(-c2ccccc2)sc1C(=O)OCC(=O)N[C@@H](C)c1ccc(F)cc1. The fourth-order valence-electron chi connectivity index (χ4n) is 2.60.